The number of aromatic nitrogens is 1. The summed E-state index contributed by atoms with van der Waals surface area (Å²) in [6.07, 6.45) is 0. The summed E-state index contributed by atoms with van der Waals surface area (Å²) in [5.74, 6) is -1.55. The lowest BCUT2D eigenvalue weighted by atomic mass is 10.0. The van der Waals surface area contributed by atoms with Gasteiger partial charge in [0.25, 0.3) is 11.6 Å². The summed E-state index contributed by atoms with van der Waals surface area (Å²) in [7, 11) is 3.29. The molecule has 1 heterocycles. The van der Waals surface area contributed by atoms with Crippen LogP contribution in [0.25, 0.3) is 11.3 Å². The maximum absolute atomic E-state index is 12.9. The number of nitrogens with zero attached hydrogens (tertiary/aromatic N) is 5. The number of amides is 1. The number of hydrogen-bond donors (Lipinski definition) is 1. The second-order valence-electron chi connectivity index (χ2n) is 6.73. The van der Waals surface area contributed by atoms with E-state index in [9.17, 15) is 20.2 Å². The van der Waals surface area contributed by atoms with Crippen molar-refractivity contribution < 1.29 is 9.72 Å². The van der Waals surface area contributed by atoms with Gasteiger partial charge in [0, 0.05) is 47.9 Å². The van der Waals surface area contributed by atoms with Crippen molar-refractivity contribution in [2.75, 3.05) is 19.4 Å². The van der Waals surface area contributed by atoms with Crippen LogP contribution in [-0.2, 0) is 4.79 Å². The van der Waals surface area contributed by atoms with E-state index in [1.165, 1.54) is 28.5 Å². The van der Waals surface area contributed by atoms with Crippen LogP contribution < -0.4 is 5.32 Å². The molecule has 0 aliphatic carbocycles. The third kappa shape index (κ3) is 5.46. The number of thiazole rings is 1. The molecule has 0 fully saturated rings. The standard InChI is InChI=1S/C21H17ClN6O3S/c1-27(2)26-19(20(29)24-15-7-5-14(22)6-8-15)17(11-23)21-25-18(12-32-21)13-3-9-16(10-4-13)28(30)31/h3-10,12,17H,1-2H3,(H,24,29)/b26-19+/t17-/m0/s1. The first kappa shape index (κ1) is 22.9. The number of carbonyl (C=O) groups is 1. The minimum atomic E-state index is -1.01. The van der Waals surface area contributed by atoms with Crippen LogP contribution in [0.3, 0.4) is 0 Å². The van der Waals surface area contributed by atoms with Gasteiger partial charge in [0.15, 0.2) is 0 Å². The molecule has 0 unspecified atom stereocenters. The molecule has 1 atom stereocenters. The smallest absolute Gasteiger partial charge is 0.273 e. The number of rotatable bonds is 7. The minimum absolute atomic E-state index is 0.0166. The molecule has 0 aliphatic rings. The van der Waals surface area contributed by atoms with Gasteiger partial charge in [0.1, 0.15) is 16.6 Å². The average molecular weight is 469 g/mol. The van der Waals surface area contributed by atoms with E-state index in [0.29, 0.717) is 27.0 Å². The normalized spacial score (nSPS) is 12.0. The van der Waals surface area contributed by atoms with E-state index in [2.05, 4.69) is 21.5 Å². The molecule has 0 aliphatic heterocycles. The van der Waals surface area contributed by atoms with Crippen LogP contribution in [0.1, 0.15) is 10.9 Å². The molecule has 0 saturated heterocycles. The number of nitriles is 1. The quantitative estimate of drug-likeness (QED) is 0.308. The maximum atomic E-state index is 12.9. The Hall–Kier alpha value is -3.81. The number of halogens is 1. The number of benzene rings is 2. The molecule has 1 amide bonds. The number of anilines is 1. The van der Waals surface area contributed by atoms with Crippen LogP contribution in [-0.4, -0.2) is 40.6 Å². The number of nitro groups is 1. The zero-order valence-electron chi connectivity index (χ0n) is 17.0. The SMILES string of the molecule is CN(C)/N=C(/C(=O)Nc1ccc(Cl)cc1)[C@H](C#N)c1nc(-c2ccc([N+](=O)[O-])cc2)cs1. The van der Waals surface area contributed by atoms with Crippen molar-refractivity contribution in [2.24, 2.45) is 5.10 Å². The highest BCUT2D eigenvalue weighted by molar-refractivity contribution is 7.10. The van der Waals surface area contributed by atoms with E-state index in [-0.39, 0.29) is 11.4 Å². The zero-order valence-corrected chi connectivity index (χ0v) is 18.6. The summed E-state index contributed by atoms with van der Waals surface area (Å²) < 4.78 is 0. The molecule has 3 aromatic rings. The summed E-state index contributed by atoms with van der Waals surface area (Å²) in [6.45, 7) is 0. The summed E-state index contributed by atoms with van der Waals surface area (Å²) >= 11 is 7.09. The monoisotopic (exact) mass is 468 g/mol. The topological polar surface area (TPSA) is 125 Å². The molecular formula is C21H17ClN6O3S. The fraction of sp³-hybridized carbons (Fsp3) is 0.143. The Balaban J connectivity index is 1.89. The number of hydrazone groups is 1. The van der Waals surface area contributed by atoms with Crippen LogP contribution in [0.4, 0.5) is 11.4 Å². The summed E-state index contributed by atoms with van der Waals surface area (Å²) in [6, 6.07) is 14.6. The number of hydrogen-bond acceptors (Lipinski definition) is 8. The lowest BCUT2D eigenvalue weighted by molar-refractivity contribution is -0.384. The number of non-ortho nitro benzene ring substituents is 1. The molecule has 9 nitrogen and oxygen atoms in total. The first-order valence-electron chi connectivity index (χ1n) is 9.21. The highest BCUT2D eigenvalue weighted by Crippen LogP contribution is 2.29. The van der Waals surface area contributed by atoms with Crippen molar-refractivity contribution in [1.82, 2.24) is 9.99 Å². The number of nitro benzene ring substituents is 1. The molecular weight excluding hydrogens is 452 g/mol. The second kappa shape index (κ2) is 10.00. The molecule has 11 heteroatoms. The first-order valence-corrected chi connectivity index (χ1v) is 10.5. The van der Waals surface area contributed by atoms with Crippen molar-refractivity contribution in [2.45, 2.75) is 5.92 Å². The molecule has 3 rings (SSSR count). The van der Waals surface area contributed by atoms with Crippen LogP contribution in [0.15, 0.2) is 59.0 Å². The van der Waals surface area contributed by atoms with Crippen LogP contribution in [0.5, 0.6) is 0 Å². The van der Waals surface area contributed by atoms with Gasteiger partial charge < -0.3 is 10.3 Å². The average Bonchev–Trinajstić information content (AvgIpc) is 3.25. The van der Waals surface area contributed by atoms with E-state index in [1.807, 2.05) is 0 Å². The van der Waals surface area contributed by atoms with Crippen molar-refractivity contribution in [1.29, 1.82) is 5.26 Å². The molecule has 2 aromatic carbocycles. The summed E-state index contributed by atoms with van der Waals surface area (Å²) in [4.78, 5) is 27.8. The Morgan fingerprint density at radius 2 is 1.91 bits per heavy atom. The van der Waals surface area contributed by atoms with Gasteiger partial charge in [-0.25, -0.2) is 4.98 Å². The van der Waals surface area contributed by atoms with Gasteiger partial charge in [0.2, 0.25) is 0 Å². The highest BCUT2D eigenvalue weighted by atomic mass is 35.5. The molecule has 1 aromatic heterocycles. The van der Waals surface area contributed by atoms with Crippen LogP contribution in [0, 0.1) is 21.4 Å². The van der Waals surface area contributed by atoms with E-state index >= 15 is 0 Å². The second-order valence-corrected chi connectivity index (χ2v) is 8.06. The van der Waals surface area contributed by atoms with Crippen molar-refractivity contribution in [3.8, 4) is 17.3 Å². The Morgan fingerprint density at radius 3 is 2.47 bits per heavy atom. The molecule has 162 valence electrons. The van der Waals surface area contributed by atoms with Gasteiger partial charge >= 0.3 is 0 Å². The largest absolute Gasteiger partial charge is 0.321 e. The number of nitrogens with one attached hydrogen (secondary N) is 1. The zero-order chi connectivity index (χ0) is 23.3. The predicted molar refractivity (Wildman–Crippen MR) is 124 cm³/mol. The Morgan fingerprint density at radius 1 is 1.25 bits per heavy atom. The fourth-order valence-electron chi connectivity index (χ4n) is 2.72. The van der Waals surface area contributed by atoms with Crippen molar-refractivity contribution in [3.05, 3.63) is 74.1 Å². The molecule has 0 saturated carbocycles. The van der Waals surface area contributed by atoms with E-state index in [0.717, 1.165) is 0 Å². The van der Waals surface area contributed by atoms with Crippen molar-refractivity contribution >= 4 is 45.9 Å². The molecule has 0 spiro atoms. The summed E-state index contributed by atoms with van der Waals surface area (Å²) in [5, 5.41) is 31.7. The minimum Gasteiger partial charge on any atom is -0.321 e. The lowest BCUT2D eigenvalue weighted by Crippen LogP contribution is -2.30. The van der Waals surface area contributed by atoms with E-state index < -0.39 is 16.7 Å². The Kier molecular flexibility index (Phi) is 7.14. The van der Waals surface area contributed by atoms with Gasteiger partial charge in [-0.2, -0.15) is 10.4 Å². The first-order chi connectivity index (χ1) is 15.3. The van der Waals surface area contributed by atoms with Crippen LogP contribution >= 0.6 is 22.9 Å². The Bertz CT molecular complexity index is 1200. The van der Waals surface area contributed by atoms with Gasteiger partial charge in [-0.3, -0.25) is 14.9 Å². The lowest BCUT2D eigenvalue weighted by Gasteiger charge is -2.14. The van der Waals surface area contributed by atoms with Crippen LogP contribution in [0.2, 0.25) is 5.02 Å². The number of carbonyl (C=O) groups excluding carboxylic acids is 1. The van der Waals surface area contributed by atoms with Crippen molar-refractivity contribution in [3.63, 3.8) is 0 Å². The predicted octanol–water partition coefficient (Wildman–Crippen LogP) is 4.54. The van der Waals surface area contributed by atoms with E-state index in [1.54, 1.807) is 55.9 Å². The van der Waals surface area contributed by atoms with Gasteiger partial charge in [-0.15, -0.1) is 11.3 Å². The van der Waals surface area contributed by atoms with E-state index in [4.69, 9.17) is 11.6 Å². The van der Waals surface area contributed by atoms with Gasteiger partial charge in [-0.05, 0) is 36.4 Å². The molecule has 0 radical (unpaired) electrons. The Labute approximate surface area is 192 Å². The third-order valence-electron chi connectivity index (χ3n) is 4.19. The molecule has 32 heavy (non-hydrogen) atoms. The maximum Gasteiger partial charge on any atom is 0.273 e. The van der Waals surface area contributed by atoms with Gasteiger partial charge in [-0.1, -0.05) is 11.6 Å². The summed E-state index contributed by atoms with van der Waals surface area (Å²) in [5.41, 5.74) is 1.66. The fourth-order valence-corrected chi connectivity index (χ4v) is 3.72. The molecule has 1 N–H and O–H groups in total. The molecule has 0 bridgehead atoms. The third-order valence-corrected chi connectivity index (χ3v) is 5.35. The van der Waals surface area contributed by atoms with Gasteiger partial charge in [0.05, 0.1) is 16.7 Å². The highest BCUT2D eigenvalue weighted by Gasteiger charge is 2.28.